The maximum atomic E-state index is 15.2. The zero-order valence-corrected chi connectivity index (χ0v) is 18.5. The summed E-state index contributed by atoms with van der Waals surface area (Å²) in [7, 11) is -1.68. The van der Waals surface area contributed by atoms with E-state index in [0.29, 0.717) is 0 Å². The molecule has 3 rings (SSSR count). The van der Waals surface area contributed by atoms with Gasteiger partial charge in [-0.25, -0.2) is 9.18 Å². The molecule has 1 aliphatic heterocycles. The van der Waals surface area contributed by atoms with Crippen molar-refractivity contribution in [2.24, 2.45) is 0 Å². The molecule has 0 amide bonds. The number of hydrogen-bond donors (Lipinski definition) is 2. The van der Waals surface area contributed by atoms with Crippen molar-refractivity contribution in [3.8, 4) is 5.75 Å². The Hall–Kier alpha value is -2.96. The number of aliphatic hydroxyl groups is 1. The predicted molar refractivity (Wildman–Crippen MR) is 110 cm³/mol. The van der Waals surface area contributed by atoms with Gasteiger partial charge in [0.25, 0.3) is 5.56 Å². The molecule has 1 aromatic heterocycles. The molecule has 1 aliphatic rings. The van der Waals surface area contributed by atoms with Gasteiger partial charge in [0.15, 0.2) is 24.2 Å². The van der Waals surface area contributed by atoms with Crippen molar-refractivity contribution in [2.45, 2.75) is 31.0 Å². The molecule has 2 aromatic rings. The summed E-state index contributed by atoms with van der Waals surface area (Å²) in [4.78, 5) is 43.1. The number of hydroxylamine groups is 1. The second-order valence-corrected chi connectivity index (χ2v) is 8.34. The number of rotatable bonds is 9. The molecule has 2 N–H and O–H groups in total. The average Bonchev–Trinajstić information content (AvgIpc) is 3.01. The molecule has 1 aromatic carbocycles. The number of carbonyl (C=O) groups excluding carboxylic acids is 1. The quantitative estimate of drug-likeness (QED) is 0.294. The van der Waals surface area contributed by atoms with Crippen LogP contribution in [0.15, 0.2) is 52.2 Å². The minimum Gasteiger partial charge on any atom is -0.468 e. The van der Waals surface area contributed by atoms with Crippen LogP contribution in [0.5, 0.6) is 5.75 Å². The maximum Gasteiger partial charge on any atom is 0.652 e. The lowest BCUT2D eigenvalue weighted by molar-refractivity contribution is -0.145. The number of carbonyl (C=O) groups is 1. The monoisotopic (exact) mass is 486 g/mol. The normalized spacial score (nSPS) is 25.1. The van der Waals surface area contributed by atoms with Crippen molar-refractivity contribution >= 4 is 14.1 Å². The zero-order valence-electron chi connectivity index (χ0n) is 17.6. The predicted octanol–water partition coefficient (Wildman–Crippen LogP) is 0.666. The first-order valence-corrected chi connectivity index (χ1v) is 10.8. The minimum absolute atomic E-state index is 0.263. The lowest BCUT2D eigenvalue weighted by Gasteiger charge is -2.24. The van der Waals surface area contributed by atoms with Crippen LogP contribution in [0.4, 0.5) is 4.39 Å². The number of halogens is 1. The van der Waals surface area contributed by atoms with Crippen LogP contribution < -0.4 is 16.1 Å². The van der Waals surface area contributed by atoms with E-state index in [9.17, 15) is 24.1 Å². The Balaban J connectivity index is 1.71. The van der Waals surface area contributed by atoms with E-state index in [0.717, 1.165) is 35.7 Å². The summed E-state index contributed by atoms with van der Waals surface area (Å²) < 4.78 is 43.9. The lowest BCUT2D eigenvalue weighted by atomic mass is 9.98. The zero-order chi connectivity index (χ0) is 24.2. The molecule has 0 saturated carbocycles. The Morgan fingerprint density at radius 3 is 2.67 bits per heavy atom. The summed E-state index contributed by atoms with van der Waals surface area (Å²) in [5, 5.41) is 10.4. The van der Waals surface area contributed by atoms with Gasteiger partial charge in [0.05, 0.1) is 7.11 Å². The second-order valence-electron chi connectivity index (χ2n) is 7.16. The smallest absolute Gasteiger partial charge is 0.468 e. The van der Waals surface area contributed by atoms with Crippen LogP contribution in [0, 0.1) is 0 Å². The molecule has 0 bridgehead atoms. The first-order valence-electron chi connectivity index (χ1n) is 9.65. The highest BCUT2D eigenvalue weighted by Gasteiger charge is 2.56. The van der Waals surface area contributed by atoms with E-state index >= 15 is 4.39 Å². The third-order valence-corrected chi connectivity index (χ3v) is 5.76. The van der Waals surface area contributed by atoms with Crippen molar-refractivity contribution in [3.05, 3.63) is 63.4 Å². The topological polar surface area (TPSA) is 149 Å². The number of nitrogens with one attached hydrogen (secondary N) is 1. The average molecular weight is 486 g/mol. The fourth-order valence-electron chi connectivity index (χ4n) is 3.07. The van der Waals surface area contributed by atoms with Gasteiger partial charge in [-0.15, -0.1) is 4.52 Å². The molecule has 1 saturated heterocycles. The molecule has 0 spiro atoms. The Bertz CT molecular complexity index is 1110. The van der Waals surface area contributed by atoms with Gasteiger partial charge in [-0.3, -0.25) is 19.1 Å². The Morgan fingerprint density at radius 2 is 2.03 bits per heavy atom. The fourth-order valence-corrected chi connectivity index (χ4v) is 3.86. The summed E-state index contributed by atoms with van der Waals surface area (Å²) in [5.74, 6) is -0.497. The third kappa shape index (κ3) is 5.70. The van der Waals surface area contributed by atoms with Crippen LogP contribution in [-0.4, -0.2) is 63.6 Å². The van der Waals surface area contributed by atoms with E-state index in [1.165, 1.54) is 0 Å². The van der Waals surface area contributed by atoms with Gasteiger partial charge in [0, 0.05) is 12.3 Å². The van der Waals surface area contributed by atoms with Gasteiger partial charge in [-0.05, 0) is 23.6 Å². The molecule has 12 nitrogen and oxygen atoms in total. The maximum absolute atomic E-state index is 15.2. The first-order chi connectivity index (χ1) is 15.6. The minimum atomic E-state index is -2.82. The van der Waals surface area contributed by atoms with E-state index in [2.05, 4.69) is 4.74 Å². The molecule has 1 unspecified atom stereocenters. The summed E-state index contributed by atoms with van der Waals surface area (Å²) in [6.07, 6.45) is -3.66. The summed E-state index contributed by atoms with van der Waals surface area (Å²) in [6.45, 7) is -0.104. The van der Waals surface area contributed by atoms with Gasteiger partial charge < -0.3 is 19.4 Å². The van der Waals surface area contributed by atoms with Crippen LogP contribution >= 0.6 is 8.18 Å². The number of esters is 1. The van der Waals surface area contributed by atoms with Gasteiger partial charge in [0.1, 0.15) is 23.6 Å². The summed E-state index contributed by atoms with van der Waals surface area (Å²) in [6, 6.07) is 9.15. The van der Waals surface area contributed by atoms with E-state index in [4.69, 9.17) is 14.1 Å². The third-order valence-electron chi connectivity index (χ3n) is 4.80. The van der Waals surface area contributed by atoms with E-state index in [1.807, 2.05) is 4.98 Å². The van der Waals surface area contributed by atoms with Gasteiger partial charge in [-0.2, -0.15) is 0 Å². The van der Waals surface area contributed by atoms with Crippen LogP contribution in [0.2, 0.25) is 0 Å². The standard InChI is InChI=1S/C19H21FN3O9P/c1-19(20)16(26)13(31-17(19)22-9-8-14(24)21-18(22)27)11-30-33(28)23(10-15(25)29-2)32-12-6-4-3-5-7-12/h3-9,13,16-17,26H,10-11H2,1-2H3/p+1/t13-,16-,17-,19-/m1/s1. The molecule has 0 aliphatic carbocycles. The molecule has 14 heteroatoms. The van der Waals surface area contributed by atoms with Gasteiger partial charge >= 0.3 is 19.8 Å². The number of methoxy groups -OCH3 is 1. The number of aromatic nitrogens is 2. The number of aromatic amines is 1. The van der Waals surface area contributed by atoms with Crippen molar-refractivity contribution in [3.63, 3.8) is 0 Å². The number of hydrogen-bond acceptors (Lipinski definition) is 9. The molecule has 1 fully saturated rings. The van der Waals surface area contributed by atoms with E-state index in [1.54, 1.807) is 30.3 Å². The molecular weight excluding hydrogens is 464 g/mol. The molecule has 33 heavy (non-hydrogen) atoms. The fraction of sp³-hybridized carbons (Fsp3) is 0.421. The number of aliphatic hydroxyl groups excluding tert-OH is 1. The summed E-state index contributed by atoms with van der Waals surface area (Å²) in [5.41, 5.74) is -4.07. The summed E-state index contributed by atoms with van der Waals surface area (Å²) >= 11 is 0. The molecule has 5 atom stereocenters. The highest BCUT2D eigenvalue weighted by Crippen LogP contribution is 2.42. The second kappa shape index (κ2) is 10.3. The van der Waals surface area contributed by atoms with Crippen LogP contribution in [0.25, 0.3) is 0 Å². The number of ether oxygens (including phenoxy) is 2. The lowest BCUT2D eigenvalue weighted by Crippen LogP contribution is -2.43. The van der Waals surface area contributed by atoms with Crippen molar-refractivity contribution < 1.29 is 37.7 Å². The van der Waals surface area contributed by atoms with E-state index < -0.39 is 62.7 Å². The largest absolute Gasteiger partial charge is 0.652 e. The highest BCUT2D eigenvalue weighted by molar-refractivity contribution is 7.36. The van der Waals surface area contributed by atoms with Gasteiger partial charge in [-0.1, -0.05) is 18.2 Å². The number of nitrogens with zero attached hydrogens (tertiary/aromatic N) is 2. The number of para-hydroxylation sites is 1. The number of alkyl halides is 1. The van der Waals surface area contributed by atoms with Crippen molar-refractivity contribution in [1.29, 1.82) is 0 Å². The van der Waals surface area contributed by atoms with Crippen LogP contribution in [0.1, 0.15) is 13.2 Å². The SMILES string of the molecule is COC(=O)CN(Oc1ccccc1)[P+](=O)OC[C@H]1O[C@@H](n2ccc(=O)[nH]c2=O)[C@](C)(F)[C@@H]1O. The first kappa shape index (κ1) is 24.7. The highest BCUT2D eigenvalue weighted by atomic mass is 31.1. The molecule has 2 heterocycles. The molecular formula is C19H22FN3O9P+. The Kier molecular flexibility index (Phi) is 7.72. The Morgan fingerprint density at radius 1 is 1.33 bits per heavy atom. The number of H-pyrrole nitrogens is 1. The number of benzene rings is 1. The van der Waals surface area contributed by atoms with Crippen LogP contribution in [-0.2, 0) is 23.4 Å². The molecule has 0 radical (unpaired) electrons. The molecule has 178 valence electrons. The van der Waals surface area contributed by atoms with E-state index in [-0.39, 0.29) is 5.75 Å². The van der Waals surface area contributed by atoms with Gasteiger partial charge in [0.2, 0.25) is 0 Å². The van der Waals surface area contributed by atoms with Crippen molar-refractivity contribution in [1.82, 2.24) is 14.4 Å². The Labute approximate surface area is 187 Å². The van der Waals surface area contributed by atoms with Crippen LogP contribution in [0.3, 0.4) is 0 Å². The van der Waals surface area contributed by atoms with Crippen molar-refractivity contribution in [2.75, 3.05) is 20.3 Å².